The number of hydrogen-bond acceptors (Lipinski definition) is 4. The van der Waals surface area contributed by atoms with Gasteiger partial charge in [0.25, 0.3) is 0 Å². The first-order chi connectivity index (χ1) is 9.46. The highest BCUT2D eigenvalue weighted by Gasteiger charge is 2.34. The molecular weight excluding hydrogens is 368 g/mol. The molecule has 0 amide bonds. The molecule has 3 rings (SSSR count). The van der Waals surface area contributed by atoms with E-state index < -0.39 is 9.84 Å². The van der Waals surface area contributed by atoms with Crippen LogP contribution in [0.15, 0.2) is 16.6 Å². The maximum atomic E-state index is 11.6. The fourth-order valence-electron chi connectivity index (χ4n) is 2.60. The van der Waals surface area contributed by atoms with Crippen molar-refractivity contribution in [3.63, 3.8) is 0 Å². The van der Waals surface area contributed by atoms with E-state index in [0.717, 1.165) is 10.0 Å². The van der Waals surface area contributed by atoms with Crippen molar-refractivity contribution in [2.75, 3.05) is 24.7 Å². The zero-order valence-electron chi connectivity index (χ0n) is 10.6. The largest absolute Gasteiger partial charge is 0.486 e. The van der Waals surface area contributed by atoms with Gasteiger partial charge in [-0.2, -0.15) is 0 Å². The third kappa shape index (κ3) is 2.78. The molecule has 1 aromatic rings. The Bertz CT molecular complexity index is 632. The minimum Gasteiger partial charge on any atom is -0.486 e. The molecule has 0 aliphatic carbocycles. The second kappa shape index (κ2) is 5.39. The summed E-state index contributed by atoms with van der Waals surface area (Å²) < 4.78 is 35.0. The van der Waals surface area contributed by atoms with Crippen molar-refractivity contribution in [3.05, 3.63) is 22.2 Å². The number of alkyl halides is 1. The Hall–Kier alpha value is -0.460. The van der Waals surface area contributed by atoms with Gasteiger partial charge in [0.15, 0.2) is 21.3 Å². The van der Waals surface area contributed by atoms with Gasteiger partial charge in [0.2, 0.25) is 0 Å². The van der Waals surface area contributed by atoms with Crippen LogP contribution in [0.1, 0.15) is 17.4 Å². The average molecular weight is 382 g/mol. The van der Waals surface area contributed by atoms with Crippen molar-refractivity contribution in [1.82, 2.24) is 0 Å². The normalized spacial score (nSPS) is 25.4. The number of ether oxygens (including phenoxy) is 2. The van der Waals surface area contributed by atoms with Crippen molar-refractivity contribution in [3.8, 4) is 11.5 Å². The van der Waals surface area contributed by atoms with Gasteiger partial charge in [0.05, 0.1) is 16.9 Å². The minimum atomic E-state index is -2.93. The molecule has 0 N–H and O–H groups in total. The van der Waals surface area contributed by atoms with E-state index in [1.807, 2.05) is 12.1 Å². The molecule has 7 heteroatoms. The van der Waals surface area contributed by atoms with E-state index in [1.54, 1.807) is 0 Å². The summed E-state index contributed by atoms with van der Waals surface area (Å²) in [6.07, 6.45) is 0.609. The molecule has 0 radical (unpaired) electrons. The molecule has 2 atom stereocenters. The molecule has 0 saturated carbocycles. The molecule has 2 aliphatic heterocycles. The van der Waals surface area contributed by atoms with Crippen molar-refractivity contribution in [2.24, 2.45) is 5.92 Å². The Morgan fingerprint density at radius 1 is 1.25 bits per heavy atom. The number of rotatable bonds is 2. The zero-order valence-corrected chi connectivity index (χ0v) is 13.8. The van der Waals surface area contributed by atoms with Gasteiger partial charge in [-0.05, 0) is 30.0 Å². The lowest BCUT2D eigenvalue weighted by molar-refractivity contribution is 0.171. The van der Waals surface area contributed by atoms with Crippen molar-refractivity contribution < 1.29 is 17.9 Å². The van der Waals surface area contributed by atoms with Crippen LogP contribution in [-0.2, 0) is 9.84 Å². The van der Waals surface area contributed by atoms with Crippen LogP contribution in [-0.4, -0.2) is 33.1 Å². The van der Waals surface area contributed by atoms with Crippen molar-refractivity contribution in [2.45, 2.75) is 11.8 Å². The van der Waals surface area contributed by atoms with E-state index in [2.05, 4.69) is 15.9 Å². The van der Waals surface area contributed by atoms with Crippen LogP contribution in [0.3, 0.4) is 0 Å². The van der Waals surface area contributed by atoms with Gasteiger partial charge in [-0.25, -0.2) is 8.42 Å². The topological polar surface area (TPSA) is 52.6 Å². The molecular formula is C13H14BrClO4S. The fraction of sp³-hybridized carbons (Fsp3) is 0.538. The summed E-state index contributed by atoms with van der Waals surface area (Å²) in [5, 5.41) is -0.350. The van der Waals surface area contributed by atoms with E-state index in [0.29, 0.717) is 31.1 Å². The standard InChI is InChI=1S/C13H14BrClO4S/c14-10-6-12-11(18-2-3-19-12)5-9(10)13(15)8-1-4-20(16,17)7-8/h5-6,8,13H,1-4,7H2. The Morgan fingerprint density at radius 2 is 1.90 bits per heavy atom. The highest BCUT2D eigenvalue weighted by molar-refractivity contribution is 9.10. The van der Waals surface area contributed by atoms with Gasteiger partial charge >= 0.3 is 0 Å². The predicted molar refractivity (Wildman–Crippen MR) is 80.5 cm³/mol. The molecule has 2 unspecified atom stereocenters. The maximum Gasteiger partial charge on any atom is 0.162 e. The fourth-order valence-corrected chi connectivity index (χ4v) is 5.64. The maximum absolute atomic E-state index is 11.6. The third-order valence-corrected chi connectivity index (χ3v) is 6.71. The first-order valence-electron chi connectivity index (χ1n) is 6.40. The second-order valence-corrected chi connectivity index (χ2v) is 8.64. The van der Waals surface area contributed by atoms with E-state index in [9.17, 15) is 8.42 Å². The Labute approximate surface area is 131 Å². The first kappa shape index (κ1) is 14.5. The summed E-state index contributed by atoms with van der Waals surface area (Å²) >= 11 is 9.98. The molecule has 4 nitrogen and oxygen atoms in total. The lowest BCUT2D eigenvalue weighted by atomic mass is 9.98. The summed E-state index contributed by atoms with van der Waals surface area (Å²) in [6.45, 7) is 1.04. The van der Waals surface area contributed by atoms with E-state index in [-0.39, 0.29) is 22.8 Å². The van der Waals surface area contributed by atoms with Crippen LogP contribution in [0.2, 0.25) is 0 Å². The number of benzene rings is 1. The second-order valence-electron chi connectivity index (χ2n) is 5.08. The summed E-state index contributed by atoms with van der Waals surface area (Å²) in [5.41, 5.74) is 0.859. The SMILES string of the molecule is O=S1(=O)CCC(C(Cl)c2cc3c(cc2Br)OCCO3)C1. The zero-order chi connectivity index (χ0) is 14.3. The molecule has 2 heterocycles. The predicted octanol–water partition coefficient (Wildman–Crippen LogP) is 2.93. The highest BCUT2D eigenvalue weighted by atomic mass is 79.9. The highest BCUT2D eigenvalue weighted by Crippen LogP contribution is 2.44. The molecule has 1 fully saturated rings. The van der Waals surface area contributed by atoms with Crippen LogP contribution in [0, 0.1) is 5.92 Å². The van der Waals surface area contributed by atoms with Crippen molar-refractivity contribution in [1.29, 1.82) is 0 Å². The van der Waals surface area contributed by atoms with Crippen molar-refractivity contribution >= 4 is 37.4 Å². The Kier molecular flexibility index (Phi) is 3.90. The summed E-state index contributed by atoms with van der Waals surface area (Å²) in [4.78, 5) is 0. The molecule has 1 saturated heterocycles. The quantitative estimate of drug-likeness (QED) is 0.739. The number of hydrogen-bond donors (Lipinski definition) is 0. The Morgan fingerprint density at radius 3 is 2.50 bits per heavy atom. The number of sulfone groups is 1. The van der Waals surface area contributed by atoms with Gasteiger partial charge in [0, 0.05) is 4.47 Å². The molecule has 0 aromatic heterocycles. The van der Waals surface area contributed by atoms with E-state index in [1.165, 1.54) is 0 Å². The summed E-state index contributed by atoms with van der Waals surface area (Å²) in [6, 6.07) is 3.68. The van der Waals surface area contributed by atoms with Gasteiger partial charge in [-0.1, -0.05) is 15.9 Å². The summed E-state index contributed by atoms with van der Waals surface area (Å²) in [7, 11) is -2.93. The molecule has 110 valence electrons. The van der Waals surface area contributed by atoms with Gasteiger partial charge in [-0.3, -0.25) is 0 Å². The lowest BCUT2D eigenvalue weighted by Gasteiger charge is -2.23. The van der Waals surface area contributed by atoms with Gasteiger partial charge in [-0.15, -0.1) is 11.6 Å². The molecule has 1 aromatic carbocycles. The van der Waals surface area contributed by atoms with E-state index in [4.69, 9.17) is 21.1 Å². The van der Waals surface area contributed by atoms with Crippen LogP contribution in [0.5, 0.6) is 11.5 Å². The molecule has 0 bridgehead atoms. The minimum absolute atomic E-state index is 0.0551. The van der Waals surface area contributed by atoms with Crippen LogP contribution in [0.25, 0.3) is 0 Å². The van der Waals surface area contributed by atoms with Crippen LogP contribution >= 0.6 is 27.5 Å². The lowest BCUT2D eigenvalue weighted by Crippen LogP contribution is -2.16. The van der Waals surface area contributed by atoms with Gasteiger partial charge < -0.3 is 9.47 Å². The Balaban J connectivity index is 1.90. The van der Waals surface area contributed by atoms with E-state index >= 15 is 0 Å². The third-order valence-electron chi connectivity index (χ3n) is 3.64. The van der Waals surface area contributed by atoms with Crippen LogP contribution < -0.4 is 9.47 Å². The van der Waals surface area contributed by atoms with Crippen LogP contribution in [0.4, 0.5) is 0 Å². The molecule has 2 aliphatic rings. The number of fused-ring (bicyclic) bond motifs is 1. The molecule has 20 heavy (non-hydrogen) atoms. The molecule has 0 spiro atoms. The number of halogens is 2. The average Bonchev–Trinajstić information content (AvgIpc) is 2.77. The smallest absolute Gasteiger partial charge is 0.162 e. The first-order valence-corrected chi connectivity index (χ1v) is 9.45. The summed E-state index contributed by atoms with van der Waals surface area (Å²) in [5.74, 6) is 1.68. The monoisotopic (exact) mass is 380 g/mol. The van der Waals surface area contributed by atoms with Gasteiger partial charge in [0.1, 0.15) is 13.2 Å².